The highest BCUT2D eigenvalue weighted by atomic mass is 16.6. The van der Waals surface area contributed by atoms with E-state index in [1.807, 2.05) is 12.1 Å². The molecule has 2 aliphatic carbocycles. The van der Waals surface area contributed by atoms with Crippen LogP contribution in [0.4, 0.5) is 0 Å². The zero-order valence-corrected chi connectivity index (χ0v) is 15.8. The molecule has 0 aromatic heterocycles. The van der Waals surface area contributed by atoms with E-state index in [4.69, 9.17) is 9.47 Å². The Hall–Kier alpha value is -2.62. The molecular weight excluding hydrogens is 358 g/mol. The molecule has 1 saturated heterocycles. The Morgan fingerprint density at radius 2 is 2.14 bits per heavy atom. The van der Waals surface area contributed by atoms with Gasteiger partial charge in [0.15, 0.2) is 11.5 Å². The zero-order chi connectivity index (χ0) is 19.6. The molecule has 2 heterocycles. The zero-order valence-electron chi connectivity index (χ0n) is 15.8. The van der Waals surface area contributed by atoms with Crippen LogP contribution in [0.5, 0.6) is 11.5 Å². The van der Waals surface area contributed by atoms with Crippen LogP contribution in [0.1, 0.15) is 24.5 Å². The van der Waals surface area contributed by atoms with Gasteiger partial charge in [-0.1, -0.05) is 18.2 Å². The van der Waals surface area contributed by atoms with Crippen LogP contribution in [0, 0.1) is 17.8 Å². The van der Waals surface area contributed by atoms with Gasteiger partial charge in [0.05, 0.1) is 0 Å². The number of hydrogen-bond donors (Lipinski definition) is 1. The second-order valence-electron chi connectivity index (χ2n) is 8.10. The van der Waals surface area contributed by atoms with Gasteiger partial charge < -0.3 is 19.5 Å². The van der Waals surface area contributed by atoms with Crippen LogP contribution in [0.25, 0.3) is 0 Å². The third-order valence-electron chi connectivity index (χ3n) is 6.68. The Morgan fingerprint density at radius 3 is 2.93 bits per heavy atom. The van der Waals surface area contributed by atoms with Crippen molar-refractivity contribution in [2.75, 3.05) is 13.6 Å². The molecule has 1 aromatic rings. The maximum absolute atomic E-state index is 12.0. The highest BCUT2D eigenvalue weighted by Crippen LogP contribution is 2.62. The standard InChI is InChI=1S/C22H21NO5/c1-12(24)3-8-18(26)27-17-7-4-13-11-15-14-5-6-16(25)21-22(14,9-10-23(15)2)19(13)20(17)28-21/h4-7,14-16,21,25H,9-11H2,1-2H3/t14-,15+,16-,21-,22-/m0/s1. The third-order valence-corrected chi connectivity index (χ3v) is 6.68. The molecule has 2 bridgehead atoms. The lowest BCUT2D eigenvalue weighted by Gasteiger charge is -2.56. The van der Waals surface area contributed by atoms with Gasteiger partial charge in [0, 0.05) is 35.8 Å². The van der Waals surface area contributed by atoms with E-state index < -0.39 is 24.0 Å². The summed E-state index contributed by atoms with van der Waals surface area (Å²) < 4.78 is 11.7. The molecular formula is C22H21NO5. The molecule has 28 heavy (non-hydrogen) atoms. The van der Waals surface area contributed by atoms with Gasteiger partial charge in [0.25, 0.3) is 0 Å². The number of likely N-dealkylation sites (N-methyl/N-ethyl adjacent to an activating group) is 1. The second-order valence-corrected chi connectivity index (χ2v) is 8.10. The summed E-state index contributed by atoms with van der Waals surface area (Å²) in [6.45, 7) is 2.21. The molecule has 0 saturated carbocycles. The van der Waals surface area contributed by atoms with Crippen molar-refractivity contribution in [2.24, 2.45) is 5.92 Å². The summed E-state index contributed by atoms with van der Waals surface area (Å²) in [5, 5.41) is 10.7. The summed E-state index contributed by atoms with van der Waals surface area (Å²) in [7, 11) is 2.15. The number of carbonyl (C=O) groups excluding carboxylic acids is 2. The molecule has 6 nitrogen and oxygen atoms in total. The normalized spacial score (nSPS) is 34.0. The van der Waals surface area contributed by atoms with Crippen LogP contribution in [-0.2, 0) is 21.4 Å². The summed E-state index contributed by atoms with van der Waals surface area (Å²) in [6, 6.07) is 4.07. The van der Waals surface area contributed by atoms with Gasteiger partial charge in [-0.25, -0.2) is 4.79 Å². The molecule has 0 amide bonds. The molecule has 2 aliphatic heterocycles. The van der Waals surface area contributed by atoms with Crippen LogP contribution in [0.3, 0.4) is 0 Å². The van der Waals surface area contributed by atoms with E-state index in [0.29, 0.717) is 17.5 Å². The number of esters is 1. The average molecular weight is 379 g/mol. The Morgan fingerprint density at radius 1 is 1.32 bits per heavy atom. The van der Waals surface area contributed by atoms with E-state index in [1.165, 1.54) is 12.5 Å². The van der Waals surface area contributed by atoms with Gasteiger partial charge in [0.1, 0.15) is 12.2 Å². The van der Waals surface area contributed by atoms with Crippen LogP contribution in [-0.4, -0.2) is 53.6 Å². The Balaban J connectivity index is 1.62. The fraction of sp³-hybridized carbons (Fsp3) is 0.455. The van der Waals surface area contributed by atoms with Gasteiger partial charge in [-0.2, -0.15) is 0 Å². The van der Waals surface area contributed by atoms with Crippen molar-refractivity contribution in [1.82, 2.24) is 4.90 Å². The van der Waals surface area contributed by atoms with Crippen LogP contribution >= 0.6 is 0 Å². The number of ether oxygens (including phenoxy) is 2. The van der Waals surface area contributed by atoms with E-state index >= 15 is 0 Å². The number of ketones is 1. The van der Waals surface area contributed by atoms with E-state index in [9.17, 15) is 14.7 Å². The van der Waals surface area contributed by atoms with E-state index in [-0.39, 0.29) is 11.3 Å². The summed E-state index contributed by atoms with van der Waals surface area (Å²) in [5.74, 6) is 4.28. The molecule has 1 fully saturated rings. The van der Waals surface area contributed by atoms with Gasteiger partial charge in [-0.3, -0.25) is 4.79 Å². The number of aliphatic hydroxyl groups excluding tert-OH is 1. The number of nitrogens with zero attached hydrogens (tertiary/aromatic N) is 1. The highest BCUT2D eigenvalue weighted by Gasteiger charge is 2.64. The first kappa shape index (κ1) is 17.5. The van der Waals surface area contributed by atoms with Crippen LogP contribution in [0.2, 0.25) is 0 Å². The first-order valence-electron chi connectivity index (χ1n) is 9.56. The minimum atomic E-state index is -0.797. The lowest BCUT2D eigenvalue weighted by molar-refractivity contribution is -0.128. The first-order valence-corrected chi connectivity index (χ1v) is 9.56. The molecule has 0 radical (unpaired) electrons. The van der Waals surface area contributed by atoms with Gasteiger partial charge in [-0.15, -0.1) is 0 Å². The van der Waals surface area contributed by atoms with Crippen molar-refractivity contribution in [3.63, 3.8) is 0 Å². The summed E-state index contributed by atoms with van der Waals surface area (Å²) in [4.78, 5) is 25.4. The summed E-state index contributed by atoms with van der Waals surface area (Å²) in [6.07, 6.45) is 4.63. The Labute approximate surface area is 163 Å². The van der Waals surface area contributed by atoms with Crippen LogP contribution in [0.15, 0.2) is 24.3 Å². The molecule has 1 aromatic carbocycles. The minimum Gasteiger partial charge on any atom is -0.482 e. The second kappa shape index (κ2) is 5.94. The van der Waals surface area contributed by atoms with Crippen LogP contribution < -0.4 is 9.47 Å². The Bertz CT molecular complexity index is 987. The van der Waals surface area contributed by atoms with Crippen molar-refractivity contribution >= 4 is 11.8 Å². The fourth-order valence-corrected chi connectivity index (χ4v) is 5.57. The smallest absolute Gasteiger partial charge is 0.390 e. The third kappa shape index (κ3) is 2.24. The number of Topliss-reactive ketones (excluding diaryl/α,β-unsaturated/α-hetero) is 1. The van der Waals surface area contributed by atoms with Crippen molar-refractivity contribution in [2.45, 2.75) is 43.4 Å². The topological polar surface area (TPSA) is 76.1 Å². The predicted octanol–water partition coefficient (Wildman–Crippen LogP) is 0.990. The highest BCUT2D eigenvalue weighted by molar-refractivity contribution is 6.01. The number of rotatable bonds is 1. The largest absolute Gasteiger partial charge is 0.482 e. The number of likely N-dealkylation sites (tertiary alicyclic amines) is 1. The van der Waals surface area contributed by atoms with E-state index in [2.05, 4.69) is 29.9 Å². The number of hydrogen-bond acceptors (Lipinski definition) is 6. The molecule has 1 N–H and O–H groups in total. The predicted molar refractivity (Wildman–Crippen MR) is 100 cm³/mol. The molecule has 0 unspecified atom stereocenters. The SMILES string of the molecule is CC(=O)C#CC(=O)Oc1ccc2c3c1O[C@H]1[C@@H](O)C=C[C@H]4[C@@H](C2)N(C)CC[C@@]341. The van der Waals surface area contributed by atoms with Crippen molar-refractivity contribution in [3.8, 4) is 23.3 Å². The fourth-order valence-electron chi connectivity index (χ4n) is 5.57. The number of carbonyl (C=O) groups is 2. The monoisotopic (exact) mass is 379 g/mol. The average Bonchev–Trinajstić information content (AvgIpc) is 3.01. The summed E-state index contributed by atoms with van der Waals surface area (Å²) >= 11 is 0. The molecule has 4 aliphatic rings. The quantitative estimate of drug-likeness (QED) is 0.196. The van der Waals surface area contributed by atoms with Crippen molar-refractivity contribution in [3.05, 3.63) is 35.4 Å². The maximum atomic E-state index is 12.0. The number of piperidine rings is 1. The lowest BCUT2D eigenvalue weighted by atomic mass is 9.53. The molecule has 144 valence electrons. The first-order chi connectivity index (χ1) is 13.4. The molecule has 6 heteroatoms. The number of benzene rings is 1. The molecule has 5 atom stereocenters. The van der Waals surface area contributed by atoms with Crippen molar-refractivity contribution < 1.29 is 24.2 Å². The Kier molecular flexibility index (Phi) is 3.71. The minimum absolute atomic E-state index is 0.247. The summed E-state index contributed by atoms with van der Waals surface area (Å²) in [5.41, 5.74) is 1.95. The number of aliphatic hydroxyl groups is 1. The maximum Gasteiger partial charge on any atom is 0.390 e. The lowest BCUT2D eigenvalue weighted by Crippen LogP contribution is -2.64. The van der Waals surface area contributed by atoms with Gasteiger partial charge >= 0.3 is 5.97 Å². The van der Waals surface area contributed by atoms with Crippen molar-refractivity contribution in [1.29, 1.82) is 0 Å². The molecule has 5 rings (SSSR count). The van der Waals surface area contributed by atoms with Gasteiger partial charge in [0.2, 0.25) is 5.78 Å². The van der Waals surface area contributed by atoms with E-state index in [1.54, 1.807) is 6.07 Å². The van der Waals surface area contributed by atoms with Gasteiger partial charge in [-0.05, 0) is 44.0 Å². The molecule has 1 spiro atoms. The van der Waals surface area contributed by atoms with E-state index in [0.717, 1.165) is 24.9 Å².